The van der Waals surface area contributed by atoms with Crippen LogP contribution in [0.25, 0.3) is 11.1 Å². The zero-order chi connectivity index (χ0) is 18.1. The van der Waals surface area contributed by atoms with E-state index in [9.17, 15) is 9.18 Å². The van der Waals surface area contributed by atoms with Crippen LogP contribution in [0.2, 0.25) is 0 Å². The number of nitrogens with two attached hydrogens (primary N) is 1. The van der Waals surface area contributed by atoms with E-state index in [0.717, 1.165) is 16.7 Å². The Kier molecular flexibility index (Phi) is 4.31. The van der Waals surface area contributed by atoms with Crippen molar-refractivity contribution in [2.75, 3.05) is 13.1 Å². The monoisotopic (exact) mass is 349 g/mol. The van der Waals surface area contributed by atoms with Crippen molar-refractivity contribution in [1.82, 2.24) is 9.88 Å². The predicted octanol–water partition coefficient (Wildman–Crippen LogP) is 3.39. The first-order valence-electron chi connectivity index (χ1n) is 8.66. The van der Waals surface area contributed by atoms with Gasteiger partial charge in [0.15, 0.2) is 0 Å². The van der Waals surface area contributed by atoms with Crippen LogP contribution < -0.4 is 5.73 Å². The van der Waals surface area contributed by atoms with Crippen LogP contribution in [-0.2, 0) is 0 Å². The molecule has 4 rings (SSSR count). The molecule has 4 nitrogen and oxygen atoms in total. The highest BCUT2D eigenvalue weighted by Gasteiger charge is 2.35. The quantitative estimate of drug-likeness (QED) is 0.761. The molecule has 0 spiro atoms. The van der Waals surface area contributed by atoms with E-state index < -0.39 is 0 Å². The second-order valence-corrected chi connectivity index (χ2v) is 6.68. The molecule has 3 aromatic rings. The minimum absolute atomic E-state index is 0.0561. The van der Waals surface area contributed by atoms with Gasteiger partial charge >= 0.3 is 0 Å². The fourth-order valence-electron chi connectivity index (χ4n) is 3.63. The summed E-state index contributed by atoms with van der Waals surface area (Å²) in [4.78, 5) is 17.9. The highest BCUT2D eigenvalue weighted by Crippen LogP contribution is 2.30. The lowest BCUT2D eigenvalue weighted by Gasteiger charge is -2.17. The van der Waals surface area contributed by atoms with Gasteiger partial charge in [0.05, 0.1) is 5.56 Å². The molecule has 0 aliphatic carbocycles. The number of aromatic amines is 1. The van der Waals surface area contributed by atoms with E-state index >= 15 is 0 Å². The van der Waals surface area contributed by atoms with Crippen molar-refractivity contribution in [3.63, 3.8) is 0 Å². The van der Waals surface area contributed by atoms with Crippen LogP contribution in [0, 0.1) is 5.82 Å². The molecular weight excluding hydrogens is 329 g/mol. The van der Waals surface area contributed by atoms with Crippen LogP contribution in [-0.4, -0.2) is 34.9 Å². The number of nitrogens with one attached hydrogen (secondary N) is 1. The summed E-state index contributed by atoms with van der Waals surface area (Å²) in [6, 6.07) is 16.1. The van der Waals surface area contributed by atoms with Crippen molar-refractivity contribution in [3.05, 3.63) is 83.9 Å². The standard InChI is InChI=1S/C21H20FN3O/c22-16-8-6-15(7-9-16)17-10-24-11-18(17)21(26)25-12-19(20(23)13-25)14-4-2-1-3-5-14/h1-11,19-20,24H,12-13,23H2/t19-,20+/m0/s1. The van der Waals surface area contributed by atoms with Gasteiger partial charge in [-0.3, -0.25) is 4.79 Å². The first-order chi connectivity index (χ1) is 12.6. The SMILES string of the molecule is N[C@@H]1CN(C(=O)c2c[nH]cc2-c2ccc(F)cc2)C[C@H]1c1ccccc1. The van der Waals surface area contributed by atoms with Gasteiger partial charge in [0.1, 0.15) is 5.82 Å². The molecule has 1 amide bonds. The van der Waals surface area contributed by atoms with E-state index in [1.165, 1.54) is 12.1 Å². The normalized spacial score (nSPS) is 19.7. The molecule has 1 aliphatic heterocycles. The third kappa shape index (κ3) is 3.02. The Morgan fingerprint density at radius 2 is 1.77 bits per heavy atom. The molecular formula is C21H20FN3O. The number of halogens is 1. The Hall–Kier alpha value is -2.92. The van der Waals surface area contributed by atoms with Crippen LogP contribution in [0.3, 0.4) is 0 Å². The molecule has 2 atom stereocenters. The third-order valence-electron chi connectivity index (χ3n) is 5.01. The van der Waals surface area contributed by atoms with Crippen LogP contribution in [0.4, 0.5) is 4.39 Å². The summed E-state index contributed by atoms with van der Waals surface area (Å²) >= 11 is 0. The average Bonchev–Trinajstić information content (AvgIpc) is 3.29. The van der Waals surface area contributed by atoms with Crippen LogP contribution in [0.1, 0.15) is 21.8 Å². The molecule has 132 valence electrons. The largest absolute Gasteiger partial charge is 0.366 e. The fourth-order valence-corrected chi connectivity index (χ4v) is 3.63. The van der Waals surface area contributed by atoms with Crippen molar-refractivity contribution in [3.8, 4) is 11.1 Å². The Morgan fingerprint density at radius 1 is 1.04 bits per heavy atom. The number of aromatic nitrogens is 1. The number of amides is 1. The molecule has 0 radical (unpaired) electrons. The number of carbonyl (C=O) groups excluding carboxylic acids is 1. The molecule has 1 fully saturated rings. The fraction of sp³-hybridized carbons (Fsp3) is 0.190. The van der Waals surface area contributed by atoms with E-state index in [2.05, 4.69) is 17.1 Å². The number of hydrogen-bond acceptors (Lipinski definition) is 2. The Morgan fingerprint density at radius 3 is 2.50 bits per heavy atom. The maximum absolute atomic E-state index is 13.2. The van der Waals surface area contributed by atoms with Gasteiger partial charge in [-0.2, -0.15) is 0 Å². The number of nitrogens with zero attached hydrogens (tertiary/aromatic N) is 1. The van der Waals surface area contributed by atoms with Crippen molar-refractivity contribution < 1.29 is 9.18 Å². The number of H-pyrrole nitrogens is 1. The van der Waals surface area contributed by atoms with Crippen LogP contribution in [0.5, 0.6) is 0 Å². The number of likely N-dealkylation sites (tertiary alicyclic amines) is 1. The topological polar surface area (TPSA) is 62.1 Å². The molecule has 2 heterocycles. The average molecular weight is 349 g/mol. The lowest BCUT2D eigenvalue weighted by atomic mass is 9.95. The number of benzene rings is 2. The molecule has 1 aromatic heterocycles. The van der Waals surface area contributed by atoms with Crippen molar-refractivity contribution in [1.29, 1.82) is 0 Å². The zero-order valence-electron chi connectivity index (χ0n) is 14.2. The van der Waals surface area contributed by atoms with Gasteiger partial charge in [-0.1, -0.05) is 42.5 Å². The number of carbonyl (C=O) groups is 1. The minimum Gasteiger partial charge on any atom is -0.366 e. The lowest BCUT2D eigenvalue weighted by molar-refractivity contribution is 0.0790. The molecule has 1 aliphatic rings. The molecule has 0 unspecified atom stereocenters. The van der Waals surface area contributed by atoms with Gasteiger partial charge in [-0.15, -0.1) is 0 Å². The Bertz CT molecular complexity index is 905. The van der Waals surface area contributed by atoms with Gasteiger partial charge in [0.25, 0.3) is 5.91 Å². The maximum atomic E-state index is 13.2. The summed E-state index contributed by atoms with van der Waals surface area (Å²) in [7, 11) is 0. The second-order valence-electron chi connectivity index (χ2n) is 6.68. The number of hydrogen-bond donors (Lipinski definition) is 2. The molecule has 0 saturated carbocycles. The lowest BCUT2D eigenvalue weighted by Crippen LogP contribution is -2.32. The summed E-state index contributed by atoms with van der Waals surface area (Å²) < 4.78 is 13.2. The smallest absolute Gasteiger partial charge is 0.256 e. The van der Waals surface area contributed by atoms with Gasteiger partial charge in [0, 0.05) is 43.0 Å². The molecule has 2 aromatic carbocycles. The van der Waals surface area contributed by atoms with Gasteiger partial charge in [-0.25, -0.2) is 4.39 Å². The van der Waals surface area contributed by atoms with E-state index in [4.69, 9.17) is 5.73 Å². The summed E-state index contributed by atoms with van der Waals surface area (Å²) in [5, 5.41) is 0. The molecule has 5 heteroatoms. The Balaban J connectivity index is 1.58. The molecule has 0 bridgehead atoms. The van der Waals surface area contributed by atoms with E-state index in [1.54, 1.807) is 29.4 Å². The third-order valence-corrected chi connectivity index (χ3v) is 5.01. The van der Waals surface area contributed by atoms with E-state index in [-0.39, 0.29) is 23.7 Å². The first kappa shape index (κ1) is 16.5. The van der Waals surface area contributed by atoms with Crippen LogP contribution >= 0.6 is 0 Å². The number of rotatable bonds is 3. The van der Waals surface area contributed by atoms with E-state index in [1.807, 2.05) is 18.2 Å². The minimum atomic E-state index is -0.298. The summed E-state index contributed by atoms with van der Waals surface area (Å²) in [5.74, 6) is -0.221. The summed E-state index contributed by atoms with van der Waals surface area (Å²) in [6.07, 6.45) is 3.47. The second kappa shape index (κ2) is 6.77. The first-order valence-corrected chi connectivity index (χ1v) is 8.66. The van der Waals surface area contributed by atoms with Crippen molar-refractivity contribution >= 4 is 5.91 Å². The van der Waals surface area contributed by atoms with Crippen molar-refractivity contribution in [2.45, 2.75) is 12.0 Å². The van der Waals surface area contributed by atoms with Gasteiger partial charge in [-0.05, 0) is 23.3 Å². The van der Waals surface area contributed by atoms with Crippen molar-refractivity contribution in [2.24, 2.45) is 5.73 Å². The summed E-state index contributed by atoms with van der Waals surface area (Å²) in [5.41, 5.74) is 9.63. The molecule has 1 saturated heterocycles. The molecule has 3 N–H and O–H groups in total. The highest BCUT2D eigenvalue weighted by molar-refractivity contribution is 6.01. The van der Waals surface area contributed by atoms with E-state index in [0.29, 0.717) is 18.7 Å². The predicted molar refractivity (Wildman–Crippen MR) is 99.2 cm³/mol. The van der Waals surface area contributed by atoms with Crippen LogP contribution in [0.15, 0.2) is 67.0 Å². The molecule has 26 heavy (non-hydrogen) atoms. The highest BCUT2D eigenvalue weighted by atomic mass is 19.1. The van der Waals surface area contributed by atoms with Gasteiger partial charge in [0.2, 0.25) is 0 Å². The Labute approximate surface area is 151 Å². The summed E-state index contributed by atoms with van der Waals surface area (Å²) in [6.45, 7) is 1.12. The zero-order valence-corrected chi connectivity index (χ0v) is 14.2. The maximum Gasteiger partial charge on any atom is 0.256 e. The van der Waals surface area contributed by atoms with Gasteiger partial charge < -0.3 is 15.6 Å².